The average Bonchev–Trinajstić information content (AvgIpc) is 2.54. The fourth-order valence-electron chi connectivity index (χ4n) is 2.53. The van der Waals surface area contributed by atoms with E-state index in [4.69, 9.17) is 0 Å². The van der Waals surface area contributed by atoms with Crippen LogP contribution in [0.4, 0.5) is 0 Å². The zero-order valence-corrected chi connectivity index (χ0v) is 14.3. The van der Waals surface area contributed by atoms with Gasteiger partial charge in [0.2, 0.25) is 0 Å². The van der Waals surface area contributed by atoms with E-state index in [0.717, 1.165) is 32.6 Å². The van der Waals surface area contributed by atoms with E-state index in [1.54, 1.807) is 24.3 Å². The predicted molar refractivity (Wildman–Crippen MR) is 91.6 cm³/mol. The number of amides is 2. The third-order valence-electron chi connectivity index (χ3n) is 4.19. The summed E-state index contributed by atoms with van der Waals surface area (Å²) in [7, 11) is 2.06. The molecule has 2 amide bonds. The van der Waals surface area contributed by atoms with Gasteiger partial charge in [0.25, 0.3) is 11.8 Å². The largest absolute Gasteiger partial charge is 0.352 e. The van der Waals surface area contributed by atoms with E-state index in [2.05, 4.69) is 31.1 Å². The van der Waals surface area contributed by atoms with Crippen LogP contribution in [0.5, 0.6) is 0 Å². The summed E-state index contributed by atoms with van der Waals surface area (Å²) in [5, 5.41) is 2.91. The van der Waals surface area contributed by atoms with Gasteiger partial charge in [-0.1, -0.05) is 13.8 Å². The van der Waals surface area contributed by atoms with E-state index in [-0.39, 0.29) is 11.8 Å². The van der Waals surface area contributed by atoms with Gasteiger partial charge in [-0.2, -0.15) is 0 Å². The SMILES string of the molecule is CC(C)CCNC(=O)c1ccc(C(=O)N2CCN(C)CC2)cc1. The molecular weight excluding hydrogens is 290 g/mol. The van der Waals surface area contributed by atoms with E-state index < -0.39 is 0 Å². The maximum Gasteiger partial charge on any atom is 0.253 e. The quantitative estimate of drug-likeness (QED) is 0.902. The monoisotopic (exact) mass is 317 g/mol. The van der Waals surface area contributed by atoms with Gasteiger partial charge >= 0.3 is 0 Å². The van der Waals surface area contributed by atoms with Crippen molar-refractivity contribution in [3.63, 3.8) is 0 Å². The summed E-state index contributed by atoms with van der Waals surface area (Å²) in [4.78, 5) is 28.6. The maximum atomic E-state index is 12.4. The van der Waals surface area contributed by atoms with Gasteiger partial charge < -0.3 is 15.1 Å². The van der Waals surface area contributed by atoms with Gasteiger partial charge in [-0.05, 0) is 43.7 Å². The molecule has 1 aromatic carbocycles. The van der Waals surface area contributed by atoms with Crippen LogP contribution in [-0.2, 0) is 0 Å². The Morgan fingerprint density at radius 2 is 1.61 bits per heavy atom. The molecular formula is C18H27N3O2. The summed E-state index contributed by atoms with van der Waals surface area (Å²) in [5.74, 6) is 0.535. The number of carbonyl (C=O) groups is 2. The first-order valence-electron chi connectivity index (χ1n) is 8.33. The van der Waals surface area contributed by atoms with E-state index in [1.165, 1.54) is 0 Å². The summed E-state index contributed by atoms with van der Waals surface area (Å²) in [5.41, 5.74) is 1.25. The first kappa shape index (κ1) is 17.5. The fourth-order valence-corrected chi connectivity index (χ4v) is 2.53. The fraction of sp³-hybridized carbons (Fsp3) is 0.556. The molecule has 23 heavy (non-hydrogen) atoms. The van der Waals surface area contributed by atoms with Gasteiger partial charge in [-0.15, -0.1) is 0 Å². The molecule has 0 aliphatic carbocycles. The highest BCUT2D eigenvalue weighted by Crippen LogP contribution is 2.10. The summed E-state index contributed by atoms with van der Waals surface area (Å²) >= 11 is 0. The molecule has 0 saturated carbocycles. The molecule has 0 unspecified atom stereocenters. The second-order valence-corrected chi connectivity index (χ2v) is 6.61. The van der Waals surface area contributed by atoms with Crippen molar-refractivity contribution in [3.05, 3.63) is 35.4 Å². The van der Waals surface area contributed by atoms with Gasteiger partial charge in [0.05, 0.1) is 0 Å². The lowest BCUT2D eigenvalue weighted by Gasteiger charge is -2.32. The first-order chi connectivity index (χ1) is 11.0. The molecule has 126 valence electrons. The zero-order chi connectivity index (χ0) is 16.8. The molecule has 1 saturated heterocycles. The van der Waals surface area contributed by atoms with Crippen molar-refractivity contribution < 1.29 is 9.59 Å². The lowest BCUT2D eigenvalue weighted by molar-refractivity contribution is 0.0663. The molecule has 0 atom stereocenters. The van der Waals surface area contributed by atoms with Crippen molar-refractivity contribution in [3.8, 4) is 0 Å². The molecule has 5 nitrogen and oxygen atoms in total. The van der Waals surface area contributed by atoms with Crippen molar-refractivity contribution in [1.29, 1.82) is 0 Å². The number of nitrogens with one attached hydrogen (secondary N) is 1. The molecule has 2 rings (SSSR count). The second kappa shape index (κ2) is 8.11. The summed E-state index contributed by atoms with van der Waals surface area (Å²) in [6, 6.07) is 6.96. The third-order valence-corrected chi connectivity index (χ3v) is 4.19. The first-order valence-corrected chi connectivity index (χ1v) is 8.33. The standard InChI is InChI=1S/C18H27N3O2/c1-14(2)8-9-19-17(22)15-4-6-16(7-5-15)18(23)21-12-10-20(3)11-13-21/h4-7,14H,8-13H2,1-3H3,(H,19,22). The van der Waals surface area contributed by atoms with Gasteiger partial charge in [0.15, 0.2) is 0 Å². The lowest BCUT2D eigenvalue weighted by atomic mass is 10.1. The number of nitrogens with zero attached hydrogens (tertiary/aromatic N) is 2. The highest BCUT2D eigenvalue weighted by atomic mass is 16.2. The molecule has 1 aliphatic rings. The van der Waals surface area contributed by atoms with Crippen molar-refractivity contribution in [2.45, 2.75) is 20.3 Å². The average molecular weight is 317 g/mol. The lowest BCUT2D eigenvalue weighted by Crippen LogP contribution is -2.47. The highest BCUT2D eigenvalue weighted by molar-refractivity contribution is 5.97. The minimum absolute atomic E-state index is 0.0462. The third kappa shape index (κ3) is 5.06. The minimum Gasteiger partial charge on any atom is -0.352 e. The predicted octanol–water partition coefficient (Wildman–Crippen LogP) is 1.85. The van der Waals surface area contributed by atoms with Crippen LogP contribution in [-0.4, -0.2) is 61.4 Å². The number of benzene rings is 1. The molecule has 5 heteroatoms. The number of rotatable bonds is 5. The van der Waals surface area contributed by atoms with Crippen LogP contribution in [0.3, 0.4) is 0 Å². The topological polar surface area (TPSA) is 52.7 Å². The van der Waals surface area contributed by atoms with Crippen LogP contribution in [0.25, 0.3) is 0 Å². The summed E-state index contributed by atoms with van der Waals surface area (Å²) in [6.07, 6.45) is 0.964. The Morgan fingerprint density at radius 1 is 1.04 bits per heavy atom. The molecule has 0 radical (unpaired) electrons. The molecule has 1 N–H and O–H groups in total. The number of hydrogen-bond acceptors (Lipinski definition) is 3. The molecule has 1 heterocycles. The van der Waals surface area contributed by atoms with Crippen LogP contribution in [0.2, 0.25) is 0 Å². The number of carbonyl (C=O) groups excluding carboxylic acids is 2. The van der Waals surface area contributed by atoms with Crippen molar-refractivity contribution in [2.24, 2.45) is 5.92 Å². The Bertz CT molecular complexity index is 532. The molecule has 1 aromatic rings. The Kier molecular flexibility index (Phi) is 6.16. The van der Waals surface area contributed by atoms with Crippen LogP contribution < -0.4 is 5.32 Å². The Labute approximate surface area is 138 Å². The summed E-state index contributed by atoms with van der Waals surface area (Å²) in [6.45, 7) is 8.26. The van der Waals surface area contributed by atoms with Crippen LogP contribution >= 0.6 is 0 Å². The van der Waals surface area contributed by atoms with Crippen molar-refractivity contribution in [1.82, 2.24) is 15.1 Å². The van der Waals surface area contributed by atoms with Crippen molar-refractivity contribution >= 4 is 11.8 Å². The molecule has 0 spiro atoms. The molecule has 0 bridgehead atoms. The van der Waals surface area contributed by atoms with Gasteiger partial charge in [0, 0.05) is 43.9 Å². The van der Waals surface area contributed by atoms with E-state index >= 15 is 0 Å². The number of likely N-dealkylation sites (N-methyl/N-ethyl adjacent to an activating group) is 1. The zero-order valence-electron chi connectivity index (χ0n) is 14.3. The van der Waals surface area contributed by atoms with E-state index in [1.807, 2.05) is 4.90 Å². The van der Waals surface area contributed by atoms with Gasteiger partial charge in [0.1, 0.15) is 0 Å². The van der Waals surface area contributed by atoms with E-state index in [0.29, 0.717) is 23.6 Å². The van der Waals surface area contributed by atoms with E-state index in [9.17, 15) is 9.59 Å². The Morgan fingerprint density at radius 3 is 2.17 bits per heavy atom. The summed E-state index contributed by atoms with van der Waals surface area (Å²) < 4.78 is 0. The smallest absolute Gasteiger partial charge is 0.253 e. The molecule has 1 aliphatic heterocycles. The van der Waals surface area contributed by atoms with Gasteiger partial charge in [-0.3, -0.25) is 9.59 Å². The molecule has 1 fully saturated rings. The van der Waals surface area contributed by atoms with Crippen LogP contribution in [0.15, 0.2) is 24.3 Å². The number of piperazine rings is 1. The molecule has 0 aromatic heterocycles. The van der Waals surface area contributed by atoms with Crippen LogP contribution in [0.1, 0.15) is 41.0 Å². The van der Waals surface area contributed by atoms with Crippen LogP contribution in [0, 0.1) is 5.92 Å². The minimum atomic E-state index is -0.0794. The highest BCUT2D eigenvalue weighted by Gasteiger charge is 2.20. The maximum absolute atomic E-state index is 12.4. The van der Waals surface area contributed by atoms with Gasteiger partial charge in [-0.25, -0.2) is 0 Å². The van der Waals surface area contributed by atoms with Crippen molar-refractivity contribution in [2.75, 3.05) is 39.8 Å². The number of hydrogen-bond donors (Lipinski definition) is 1. The Balaban J connectivity index is 1.91. The second-order valence-electron chi connectivity index (χ2n) is 6.61. The normalized spacial score (nSPS) is 15.7. The Hall–Kier alpha value is -1.88.